The maximum Gasteiger partial charge on any atom is 0.408 e. The lowest BCUT2D eigenvalue weighted by atomic mass is 10.0. The number of carbonyl (C=O) groups excluding carboxylic acids is 4. The number of rotatable bonds is 12. The van der Waals surface area contributed by atoms with E-state index in [4.69, 9.17) is 14.2 Å². The summed E-state index contributed by atoms with van der Waals surface area (Å²) in [6, 6.07) is 13.3. The van der Waals surface area contributed by atoms with Crippen molar-refractivity contribution < 1.29 is 41.8 Å². The number of ether oxygens (including phenoxy) is 3. The summed E-state index contributed by atoms with van der Waals surface area (Å²) < 4.78 is 44.7. The number of hydrogen-bond donors (Lipinski definition) is 3. The van der Waals surface area contributed by atoms with E-state index in [0.29, 0.717) is 29.5 Å². The summed E-state index contributed by atoms with van der Waals surface area (Å²) >= 11 is 0. The second-order valence-corrected chi connectivity index (χ2v) is 16.3. The van der Waals surface area contributed by atoms with Gasteiger partial charge in [-0.05, 0) is 75.2 Å². The second-order valence-electron chi connectivity index (χ2n) is 14.4. The number of hydrogen-bond acceptors (Lipinski definition) is 10. The highest BCUT2D eigenvalue weighted by Gasteiger charge is 2.62. The van der Waals surface area contributed by atoms with Crippen LogP contribution in [0.4, 0.5) is 4.79 Å². The lowest BCUT2D eigenvalue weighted by Gasteiger charge is -2.30. The summed E-state index contributed by atoms with van der Waals surface area (Å²) in [4.78, 5) is 61.1. The zero-order valence-electron chi connectivity index (χ0n) is 29.5. The Balaban J connectivity index is 1.31. The Hall–Kier alpha value is -5.18. The molecule has 2 heterocycles. The molecule has 3 fully saturated rings. The van der Waals surface area contributed by atoms with Crippen LogP contribution in [-0.2, 0) is 29.1 Å². The summed E-state index contributed by atoms with van der Waals surface area (Å²) in [5.74, 6) is -1.78. The van der Waals surface area contributed by atoms with E-state index in [9.17, 15) is 27.6 Å². The van der Waals surface area contributed by atoms with Crippen molar-refractivity contribution in [3.8, 4) is 11.6 Å². The monoisotopic (exact) mass is 733 g/mol. The van der Waals surface area contributed by atoms with Crippen molar-refractivity contribution >= 4 is 44.6 Å². The summed E-state index contributed by atoms with van der Waals surface area (Å²) in [5.41, 5.74) is -1.98. The van der Waals surface area contributed by atoms with Gasteiger partial charge in [0.05, 0.1) is 18.9 Å². The Bertz CT molecular complexity index is 2000. The molecule has 5 unspecified atom stereocenters. The fraction of sp³-hybridized carbons (Fsp3) is 0.432. The number of likely N-dealkylation sites (tertiary alicyclic amines) is 1. The number of pyridine rings is 1. The molecule has 0 radical (unpaired) electrons. The van der Waals surface area contributed by atoms with E-state index in [1.807, 2.05) is 6.07 Å². The van der Waals surface area contributed by atoms with Gasteiger partial charge in [0.25, 0.3) is 11.8 Å². The molecule has 5 atom stereocenters. The van der Waals surface area contributed by atoms with Crippen LogP contribution in [-0.4, -0.2) is 84.3 Å². The van der Waals surface area contributed by atoms with Gasteiger partial charge in [-0.2, -0.15) is 0 Å². The fourth-order valence-electron chi connectivity index (χ4n) is 6.43. The zero-order valence-corrected chi connectivity index (χ0v) is 30.3. The predicted molar refractivity (Wildman–Crippen MR) is 191 cm³/mol. The van der Waals surface area contributed by atoms with Crippen LogP contribution in [0.15, 0.2) is 73.4 Å². The number of benzene rings is 2. The Morgan fingerprint density at radius 3 is 2.44 bits per heavy atom. The molecule has 0 spiro atoms. The van der Waals surface area contributed by atoms with E-state index >= 15 is 0 Å². The van der Waals surface area contributed by atoms with Crippen molar-refractivity contribution in [3.63, 3.8) is 0 Å². The minimum absolute atomic E-state index is 0.00340. The van der Waals surface area contributed by atoms with Crippen LogP contribution in [0, 0.1) is 5.92 Å². The lowest BCUT2D eigenvalue weighted by molar-refractivity contribution is -0.141. The molecule has 0 bridgehead atoms. The molecule has 3 aromatic rings. The topological polar surface area (TPSA) is 182 Å². The average Bonchev–Trinajstić information content (AvgIpc) is 4.03. The summed E-state index contributed by atoms with van der Waals surface area (Å²) in [7, 11) is -2.35. The zero-order chi connectivity index (χ0) is 37.4. The summed E-state index contributed by atoms with van der Waals surface area (Å²) in [6.07, 6.45) is 2.52. The van der Waals surface area contributed by atoms with Gasteiger partial charge < -0.3 is 29.7 Å². The van der Waals surface area contributed by atoms with Crippen molar-refractivity contribution in [2.24, 2.45) is 5.92 Å². The summed E-state index contributed by atoms with van der Waals surface area (Å²) in [5, 5.41) is 6.28. The SMILES string of the molecule is C=CC1CC1(NC(=O)C1CC(Oc2nccc3cc(OC)ccc23)CN1C(=O)C(NC(=O)OC(C)(C)C)c1ccccc1)C(=O)NS(=O)(=O)C1CC1. The van der Waals surface area contributed by atoms with Crippen LogP contribution in [0.3, 0.4) is 0 Å². The number of nitrogens with zero attached hydrogens (tertiary/aromatic N) is 2. The van der Waals surface area contributed by atoms with Crippen LogP contribution < -0.4 is 24.8 Å². The minimum atomic E-state index is -3.91. The molecule has 6 rings (SSSR count). The number of fused-ring (bicyclic) bond motifs is 1. The van der Waals surface area contributed by atoms with E-state index < -0.39 is 74.3 Å². The van der Waals surface area contributed by atoms with Crippen LogP contribution in [0.25, 0.3) is 10.8 Å². The van der Waals surface area contributed by atoms with Gasteiger partial charge in [0.2, 0.25) is 21.8 Å². The van der Waals surface area contributed by atoms with Crippen LogP contribution >= 0.6 is 0 Å². The number of amides is 4. The quantitative estimate of drug-likeness (QED) is 0.233. The molecule has 1 saturated heterocycles. The standard InChI is InChI=1S/C37H43N5O9S/c1-6-24-20-37(24,34(45)41-52(47,48)27-13-14-27)40-31(43)29-19-26(50-32-28-15-12-25(49-5)18-23(28)16-17-38-32)21-42(29)33(44)30(22-10-8-7-9-11-22)39-35(46)51-36(2,3)4/h6-12,15-18,24,26-27,29-30H,1,13-14,19-21H2,2-5H3,(H,39,46)(H,40,43)(H,41,45). The molecular formula is C37H43N5O9S. The molecule has 276 valence electrons. The molecule has 2 saturated carbocycles. The minimum Gasteiger partial charge on any atom is -0.497 e. The molecule has 52 heavy (non-hydrogen) atoms. The molecule has 15 heteroatoms. The smallest absolute Gasteiger partial charge is 0.408 e. The maximum absolute atomic E-state index is 14.6. The first kappa shape index (κ1) is 36.6. The van der Waals surface area contributed by atoms with E-state index in [0.717, 1.165) is 5.39 Å². The number of aromatic nitrogens is 1. The average molecular weight is 734 g/mol. The molecule has 4 amide bonds. The largest absolute Gasteiger partial charge is 0.497 e. The number of alkyl carbamates (subject to hydrolysis) is 1. The van der Waals surface area contributed by atoms with E-state index in [-0.39, 0.29) is 25.3 Å². The molecule has 1 aromatic heterocycles. The first-order valence-electron chi connectivity index (χ1n) is 17.1. The third kappa shape index (κ3) is 7.83. The molecule has 2 aliphatic carbocycles. The third-order valence-corrected chi connectivity index (χ3v) is 11.2. The van der Waals surface area contributed by atoms with Gasteiger partial charge in [-0.15, -0.1) is 6.58 Å². The van der Waals surface area contributed by atoms with E-state index in [2.05, 4.69) is 26.9 Å². The molecule has 1 aliphatic heterocycles. The Kier molecular flexibility index (Phi) is 9.92. The first-order chi connectivity index (χ1) is 24.6. The van der Waals surface area contributed by atoms with Crippen molar-refractivity contribution in [1.82, 2.24) is 25.2 Å². The van der Waals surface area contributed by atoms with Crippen molar-refractivity contribution in [3.05, 3.63) is 79.0 Å². The van der Waals surface area contributed by atoms with Crippen LogP contribution in [0.1, 0.15) is 58.1 Å². The highest BCUT2D eigenvalue weighted by atomic mass is 32.2. The lowest BCUT2D eigenvalue weighted by Crippen LogP contribution is -2.57. The highest BCUT2D eigenvalue weighted by molar-refractivity contribution is 7.91. The molecular weight excluding hydrogens is 691 g/mol. The van der Waals surface area contributed by atoms with Gasteiger partial charge in [0, 0.05) is 23.9 Å². The number of methoxy groups -OCH3 is 1. The Morgan fingerprint density at radius 2 is 1.81 bits per heavy atom. The van der Waals surface area contributed by atoms with Gasteiger partial charge in [-0.1, -0.05) is 36.4 Å². The number of sulfonamides is 1. The van der Waals surface area contributed by atoms with Crippen LogP contribution in [0.2, 0.25) is 0 Å². The van der Waals surface area contributed by atoms with Gasteiger partial charge in [-0.25, -0.2) is 18.2 Å². The van der Waals surface area contributed by atoms with E-state index in [1.165, 1.54) is 11.0 Å². The predicted octanol–water partition coefficient (Wildman–Crippen LogP) is 3.53. The van der Waals surface area contributed by atoms with Crippen LogP contribution in [0.5, 0.6) is 11.6 Å². The van der Waals surface area contributed by atoms with E-state index in [1.54, 1.807) is 82.6 Å². The number of carbonyl (C=O) groups is 4. The Morgan fingerprint density at radius 1 is 1.08 bits per heavy atom. The molecule has 3 N–H and O–H groups in total. The fourth-order valence-corrected chi connectivity index (χ4v) is 7.79. The second kappa shape index (κ2) is 14.1. The maximum atomic E-state index is 14.6. The summed E-state index contributed by atoms with van der Waals surface area (Å²) in [6.45, 7) is 8.78. The highest BCUT2D eigenvalue weighted by Crippen LogP contribution is 2.45. The van der Waals surface area contributed by atoms with Gasteiger partial charge in [0.1, 0.15) is 35.1 Å². The Labute approximate surface area is 302 Å². The van der Waals surface area contributed by atoms with Crippen molar-refractivity contribution in [1.29, 1.82) is 0 Å². The number of nitrogens with one attached hydrogen (secondary N) is 3. The van der Waals surface area contributed by atoms with Gasteiger partial charge in [0.15, 0.2) is 0 Å². The molecule has 2 aromatic carbocycles. The molecule has 3 aliphatic rings. The van der Waals surface area contributed by atoms with Crippen molar-refractivity contribution in [2.75, 3.05) is 13.7 Å². The molecule has 14 nitrogen and oxygen atoms in total. The third-order valence-electron chi connectivity index (χ3n) is 9.35. The van der Waals surface area contributed by atoms with Gasteiger partial charge in [-0.3, -0.25) is 19.1 Å². The van der Waals surface area contributed by atoms with Gasteiger partial charge >= 0.3 is 6.09 Å². The normalized spacial score (nSPS) is 23.2. The first-order valence-corrected chi connectivity index (χ1v) is 18.6. The van der Waals surface area contributed by atoms with Crippen molar-refractivity contribution in [2.45, 2.75) is 81.0 Å².